The Morgan fingerprint density at radius 3 is 2.39 bits per heavy atom. The van der Waals surface area contributed by atoms with Gasteiger partial charge in [0, 0.05) is 36.4 Å². The first-order chi connectivity index (χ1) is 13.6. The Kier molecular flexibility index (Phi) is 6.00. The summed E-state index contributed by atoms with van der Waals surface area (Å²) in [5, 5.41) is 8.71. The monoisotopic (exact) mass is 363 g/mol. The fourth-order valence-electron chi connectivity index (χ4n) is 3.24. The fourth-order valence-corrected chi connectivity index (χ4v) is 3.24. The van der Waals surface area contributed by atoms with Crippen molar-refractivity contribution in [2.45, 2.75) is 26.7 Å². The number of hydrogen-bond acceptors (Lipinski definition) is 3. The largest absolute Gasteiger partial charge is 0.241 e. The Bertz CT molecular complexity index is 1070. The molecule has 0 N–H and O–H groups in total. The van der Waals surface area contributed by atoms with Crippen LogP contribution in [0.25, 0.3) is 6.08 Å². The van der Waals surface area contributed by atoms with Crippen LogP contribution in [0.3, 0.4) is 0 Å². The predicted octanol–water partition coefficient (Wildman–Crippen LogP) is 4.79. The van der Waals surface area contributed by atoms with Crippen LogP contribution in [0.4, 0.5) is 0 Å². The molecule has 0 bridgehead atoms. The maximum atomic E-state index is 8.71. The van der Waals surface area contributed by atoms with Crippen molar-refractivity contribution in [2.75, 3.05) is 0 Å². The molecule has 1 heterocycles. The van der Waals surface area contributed by atoms with Crippen LogP contribution in [0.1, 0.15) is 44.9 Å². The highest BCUT2D eigenvalue weighted by Gasteiger charge is 2.08. The number of allylic oxidation sites excluding steroid dienone is 1. The molecule has 3 aromatic rings. The lowest BCUT2D eigenvalue weighted by Crippen LogP contribution is -2.03. The normalized spacial score (nSPS) is 10.6. The van der Waals surface area contributed by atoms with Gasteiger partial charge in [-0.1, -0.05) is 30.2 Å². The Morgan fingerprint density at radius 1 is 1.04 bits per heavy atom. The lowest BCUT2D eigenvalue weighted by atomic mass is 9.95. The van der Waals surface area contributed by atoms with Crippen molar-refractivity contribution in [3.05, 3.63) is 99.6 Å². The van der Waals surface area contributed by atoms with Crippen molar-refractivity contribution in [3.63, 3.8) is 0 Å². The molecular weight excluding hydrogens is 342 g/mol. The first-order valence-electron chi connectivity index (χ1n) is 9.11. The van der Waals surface area contributed by atoms with Crippen molar-refractivity contribution >= 4 is 6.08 Å². The maximum absolute atomic E-state index is 8.71. The highest BCUT2D eigenvalue weighted by Crippen LogP contribution is 2.21. The molecule has 0 spiro atoms. The summed E-state index contributed by atoms with van der Waals surface area (Å²) < 4.78 is 0. The number of aryl methyl sites for hydroxylation is 2. The lowest BCUT2D eigenvalue weighted by Gasteiger charge is -2.12. The molecule has 0 saturated heterocycles. The molecule has 0 saturated carbocycles. The molecule has 0 aliphatic heterocycles. The van der Waals surface area contributed by atoms with Crippen molar-refractivity contribution in [2.24, 2.45) is 0 Å². The Balaban J connectivity index is 1.80. The van der Waals surface area contributed by atoms with E-state index in [1.54, 1.807) is 0 Å². The zero-order chi connectivity index (χ0) is 19.9. The van der Waals surface area contributed by atoms with E-state index in [-0.39, 0.29) is 0 Å². The highest BCUT2D eigenvalue weighted by atomic mass is 14.9. The van der Waals surface area contributed by atoms with E-state index < -0.39 is 0 Å². The summed E-state index contributed by atoms with van der Waals surface area (Å²) in [6.45, 7) is 4.20. The molecule has 0 fully saturated rings. The topological polar surface area (TPSA) is 49.6 Å². The zero-order valence-electron chi connectivity index (χ0n) is 16.1. The van der Waals surface area contributed by atoms with Crippen LogP contribution >= 0.6 is 0 Å². The average Bonchev–Trinajstić information content (AvgIpc) is 2.70. The second-order valence-electron chi connectivity index (χ2n) is 6.75. The van der Waals surface area contributed by atoms with E-state index in [1.165, 1.54) is 22.8 Å². The zero-order valence-corrected chi connectivity index (χ0v) is 16.1. The molecule has 0 amide bonds. The Morgan fingerprint density at radius 2 is 1.75 bits per heavy atom. The van der Waals surface area contributed by atoms with E-state index in [9.17, 15) is 0 Å². The molecule has 3 heteroatoms. The van der Waals surface area contributed by atoms with Crippen LogP contribution in [0.15, 0.2) is 54.7 Å². The standard InChI is InChI=1S/C25H21N3/c1-4-20-7-9-21(10-8-20)16-25-27-13-11-23(28-25)17-24-18(2)14-22(6-5-12-26)15-19(24)3/h1,5-11,13-15H,16-17H2,2-3H3. The SMILES string of the molecule is C#Cc1ccc(Cc2nccc(Cc3c(C)cc(C=CC#N)cc3C)n2)cc1. The van der Waals surface area contributed by atoms with Crippen LogP contribution in [0.2, 0.25) is 0 Å². The third-order valence-electron chi connectivity index (χ3n) is 4.67. The minimum atomic E-state index is 0.675. The summed E-state index contributed by atoms with van der Waals surface area (Å²) in [7, 11) is 0. The van der Waals surface area contributed by atoms with Gasteiger partial charge in [0.1, 0.15) is 5.82 Å². The van der Waals surface area contributed by atoms with Crippen LogP contribution < -0.4 is 0 Å². The van der Waals surface area contributed by atoms with Crippen molar-refractivity contribution in [1.29, 1.82) is 5.26 Å². The van der Waals surface area contributed by atoms with E-state index in [0.29, 0.717) is 6.42 Å². The van der Waals surface area contributed by atoms with Gasteiger partial charge in [-0.3, -0.25) is 0 Å². The average molecular weight is 363 g/mol. The molecule has 3 rings (SSSR count). The van der Waals surface area contributed by atoms with Gasteiger partial charge < -0.3 is 0 Å². The summed E-state index contributed by atoms with van der Waals surface area (Å²) >= 11 is 0. The van der Waals surface area contributed by atoms with Gasteiger partial charge >= 0.3 is 0 Å². The summed E-state index contributed by atoms with van der Waals surface area (Å²) in [4.78, 5) is 9.17. The second-order valence-corrected chi connectivity index (χ2v) is 6.75. The molecule has 0 aliphatic rings. The summed E-state index contributed by atoms with van der Waals surface area (Å²) in [5.74, 6) is 3.43. The van der Waals surface area contributed by atoms with Crippen molar-refractivity contribution in [3.8, 4) is 18.4 Å². The number of aromatic nitrogens is 2. The summed E-state index contributed by atoms with van der Waals surface area (Å²) in [6.07, 6.45) is 12.0. The smallest absolute Gasteiger partial charge is 0.132 e. The number of rotatable bonds is 5. The minimum Gasteiger partial charge on any atom is -0.241 e. The molecule has 0 atom stereocenters. The number of benzene rings is 2. The molecule has 1 aromatic heterocycles. The first kappa shape index (κ1) is 19.1. The van der Waals surface area contributed by atoms with Gasteiger partial charge in [0.15, 0.2) is 0 Å². The minimum absolute atomic E-state index is 0.675. The second kappa shape index (κ2) is 8.80. The van der Waals surface area contributed by atoms with Gasteiger partial charge in [0.05, 0.1) is 6.07 Å². The quantitative estimate of drug-likeness (QED) is 0.483. The molecule has 3 nitrogen and oxygen atoms in total. The highest BCUT2D eigenvalue weighted by molar-refractivity contribution is 5.56. The number of nitrogens with zero attached hydrogens (tertiary/aromatic N) is 3. The van der Waals surface area contributed by atoms with Crippen LogP contribution in [-0.2, 0) is 12.8 Å². The van der Waals surface area contributed by atoms with Crippen LogP contribution in [0, 0.1) is 37.5 Å². The van der Waals surface area contributed by atoms with Crippen LogP contribution in [0.5, 0.6) is 0 Å². The van der Waals surface area contributed by atoms with E-state index in [4.69, 9.17) is 16.7 Å². The fraction of sp³-hybridized carbons (Fsp3) is 0.160. The van der Waals surface area contributed by atoms with E-state index in [2.05, 4.69) is 36.9 Å². The van der Waals surface area contributed by atoms with Crippen LogP contribution in [-0.4, -0.2) is 9.97 Å². The molecular formula is C25H21N3. The molecule has 136 valence electrons. The van der Waals surface area contributed by atoms with Gasteiger partial charge in [0.2, 0.25) is 0 Å². The lowest BCUT2D eigenvalue weighted by molar-refractivity contribution is 0.912. The number of terminal acetylenes is 1. The maximum Gasteiger partial charge on any atom is 0.132 e. The molecule has 0 aliphatic carbocycles. The Labute approximate surface area is 166 Å². The summed E-state index contributed by atoms with van der Waals surface area (Å²) in [6, 6.07) is 16.1. The number of nitriles is 1. The van der Waals surface area contributed by atoms with Gasteiger partial charge in [-0.05, 0) is 65.9 Å². The van der Waals surface area contributed by atoms with E-state index in [1.807, 2.05) is 48.7 Å². The van der Waals surface area contributed by atoms with Crippen molar-refractivity contribution in [1.82, 2.24) is 9.97 Å². The molecule has 0 radical (unpaired) electrons. The third kappa shape index (κ3) is 4.72. The van der Waals surface area contributed by atoms with E-state index >= 15 is 0 Å². The van der Waals surface area contributed by atoms with Gasteiger partial charge in [-0.15, -0.1) is 6.42 Å². The van der Waals surface area contributed by atoms with Gasteiger partial charge in [-0.25, -0.2) is 9.97 Å². The molecule has 28 heavy (non-hydrogen) atoms. The van der Waals surface area contributed by atoms with Gasteiger partial charge in [-0.2, -0.15) is 5.26 Å². The Hall–Kier alpha value is -3.69. The molecule has 0 unspecified atom stereocenters. The number of hydrogen-bond donors (Lipinski definition) is 0. The van der Waals surface area contributed by atoms with Crippen molar-refractivity contribution < 1.29 is 0 Å². The van der Waals surface area contributed by atoms with E-state index in [0.717, 1.165) is 34.6 Å². The first-order valence-corrected chi connectivity index (χ1v) is 9.11. The molecule has 2 aromatic carbocycles. The third-order valence-corrected chi connectivity index (χ3v) is 4.67. The van der Waals surface area contributed by atoms with Gasteiger partial charge in [0.25, 0.3) is 0 Å². The summed E-state index contributed by atoms with van der Waals surface area (Å²) in [5.41, 5.74) is 7.70. The predicted molar refractivity (Wildman–Crippen MR) is 113 cm³/mol.